The van der Waals surface area contributed by atoms with Crippen molar-refractivity contribution in [2.75, 3.05) is 12.4 Å². The highest BCUT2D eigenvalue weighted by atomic mass is 32.2. The zero-order chi connectivity index (χ0) is 10.1. The number of ketones is 1. The number of hydrogen-bond acceptors (Lipinski definition) is 4. The Labute approximate surface area is 82.9 Å². The molecule has 0 aliphatic rings. The van der Waals surface area contributed by atoms with E-state index in [9.17, 15) is 9.59 Å². The molecule has 0 spiro atoms. The number of carbonyl (C=O) groups excluding carboxylic acids is 2. The molecule has 0 heterocycles. The second-order valence-electron chi connectivity index (χ2n) is 2.87. The van der Waals surface area contributed by atoms with Crippen LogP contribution in [0.2, 0.25) is 0 Å². The molecule has 0 aliphatic carbocycles. The predicted octanol–water partition coefficient (Wildman–Crippen LogP) is 1.04. The Morgan fingerprint density at radius 3 is 2.69 bits per heavy atom. The van der Waals surface area contributed by atoms with Gasteiger partial charge in [0.25, 0.3) is 0 Å². The first kappa shape index (κ1) is 12.7. The molecule has 4 heteroatoms. The number of rotatable bonds is 8. The standard InChI is InChI=1S/C9H16O3S/c1-8(12)2-3-9(4-5-10)13-7-6-11/h6,9-10H,2-5,7H2,1H3. The summed E-state index contributed by atoms with van der Waals surface area (Å²) in [5.41, 5.74) is 0. The van der Waals surface area contributed by atoms with Crippen molar-refractivity contribution in [2.45, 2.75) is 31.4 Å². The van der Waals surface area contributed by atoms with Crippen LogP contribution >= 0.6 is 11.8 Å². The van der Waals surface area contributed by atoms with Crippen molar-refractivity contribution in [2.24, 2.45) is 0 Å². The Bertz CT molecular complexity index is 159. The Morgan fingerprint density at radius 2 is 2.23 bits per heavy atom. The van der Waals surface area contributed by atoms with Crippen LogP contribution in [0.3, 0.4) is 0 Å². The first-order valence-corrected chi connectivity index (χ1v) is 5.41. The molecule has 3 nitrogen and oxygen atoms in total. The quantitative estimate of drug-likeness (QED) is 0.600. The zero-order valence-corrected chi connectivity index (χ0v) is 8.68. The third-order valence-electron chi connectivity index (χ3n) is 1.67. The van der Waals surface area contributed by atoms with Gasteiger partial charge in [-0.3, -0.25) is 0 Å². The van der Waals surface area contributed by atoms with E-state index in [0.29, 0.717) is 18.6 Å². The first-order chi connectivity index (χ1) is 6.20. The lowest BCUT2D eigenvalue weighted by atomic mass is 10.1. The highest BCUT2D eigenvalue weighted by Gasteiger charge is 2.09. The summed E-state index contributed by atoms with van der Waals surface area (Å²) in [6.45, 7) is 1.68. The van der Waals surface area contributed by atoms with Crippen molar-refractivity contribution < 1.29 is 14.7 Å². The maximum atomic E-state index is 10.7. The number of carbonyl (C=O) groups is 2. The minimum Gasteiger partial charge on any atom is -0.396 e. The third-order valence-corrected chi connectivity index (χ3v) is 2.94. The molecule has 0 bridgehead atoms. The van der Waals surface area contributed by atoms with Crippen LogP contribution < -0.4 is 0 Å². The Hall–Kier alpha value is -0.350. The van der Waals surface area contributed by atoms with Crippen molar-refractivity contribution in [1.29, 1.82) is 0 Å². The van der Waals surface area contributed by atoms with Crippen molar-refractivity contribution in [3.63, 3.8) is 0 Å². The lowest BCUT2D eigenvalue weighted by Crippen LogP contribution is -2.08. The maximum Gasteiger partial charge on any atom is 0.129 e. The van der Waals surface area contributed by atoms with E-state index in [0.717, 1.165) is 12.7 Å². The maximum absolute atomic E-state index is 10.7. The van der Waals surface area contributed by atoms with Crippen LogP contribution in [0.25, 0.3) is 0 Å². The van der Waals surface area contributed by atoms with Gasteiger partial charge in [0.05, 0.1) is 0 Å². The van der Waals surface area contributed by atoms with Gasteiger partial charge in [-0.05, 0) is 19.8 Å². The molecule has 0 saturated carbocycles. The monoisotopic (exact) mass is 204 g/mol. The van der Waals surface area contributed by atoms with Gasteiger partial charge in [-0.2, -0.15) is 11.8 Å². The van der Waals surface area contributed by atoms with Crippen molar-refractivity contribution in [3.05, 3.63) is 0 Å². The van der Waals surface area contributed by atoms with Gasteiger partial charge >= 0.3 is 0 Å². The highest BCUT2D eigenvalue weighted by molar-refractivity contribution is 8.00. The molecule has 76 valence electrons. The summed E-state index contributed by atoms with van der Waals surface area (Å²) >= 11 is 1.51. The molecular formula is C9H16O3S. The molecule has 0 saturated heterocycles. The average molecular weight is 204 g/mol. The van der Waals surface area contributed by atoms with E-state index in [1.54, 1.807) is 6.92 Å². The van der Waals surface area contributed by atoms with E-state index in [4.69, 9.17) is 5.11 Å². The minimum absolute atomic E-state index is 0.119. The molecule has 0 aromatic rings. The van der Waals surface area contributed by atoms with Gasteiger partial charge in [0.15, 0.2) is 0 Å². The first-order valence-electron chi connectivity index (χ1n) is 4.36. The lowest BCUT2D eigenvalue weighted by molar-refractivity contribution is -0.117. The summed E-state index contributed by atoms with van der Waals surface area (Å²) in [5.74, 6) is 0.609. The van der Waals surface area contributed by atoms with E-state index < -0.39 is 0 Å². The molecule has 0 amide bonds. The van der Waals surface area contributed by atoms with Crippen LogP contribution in [0.15, 0.2) is 0 Å². The number of aliphatic hydroxyl groups is 1. The van der Waals surface area contributed by atoms with E-state index >= 15 is 0 Å². The minimum atomic E-state index is 0.119. The third kappa shape index (κ3) is 7.99. The highest BCUT2D eigenvalue weighted by Crippen LogP contribution is 2.18. The smallest absolute Gasteiger partial charge is 0.129 e. The fourth-order valence-corrected chi connectivity index (χ4v) is 1.90. The topological polar surface area (TPSA) is 54.4 Å². The van der Waals surface area contributed by atoms with Gasteiger partial charge in [0.2, 0.25) is 0 Å². The van der Waals surface area contributed by atoms with Gasteiger partial charge in [-0.25, -0.2) is 0 Å². The van der Waals surface area contributed by atoms with E-state index in [-0.39, 0.29) is 17.6 Å². The Kier molecular flexibility index (Phi) is 8.04. The molecular weight excluding hydrogens is 188 g/mol. The van der Waals surface area contributed by atoms with Gasteiger partial charge in [0.1, 0.15) is 12.1 Å². The zero-order valence-electron chi connectivity index (χ0n) is 7.86. The normalized spacial score (nSPS) is 12.5. The summed E-state index contributed by atoms with van der Waals surface area (Å²) in [7, 11) is 0. The largest absolute Gasteiger partial charge is 0.396 e. The SMILES string of the molecule is CC(=O)CCC(CCO)SCC=O. The van der Waals surface area contributed by atoms with Crippen LogP contribution in [0.4, 0.5) is 0 Å². The second-order valence-corrected chi connectivity index (χ2v) is 4.21. The van der Waals surface area contributed by atoms with Crippen molar-refractivity contribution >= 4 is 23.8 Å². The van der Waals surface area contributed by atoms with E-state index in [2.05, 4.69) is 0 Å². The Morgan fingerprint density at radius 1 is 1.54 bits per heavy atom. The average Bonchev–Trinajstić information content (AvgIpc) is 2.09. The van der Waals surface area contributed by atoms with Crippen LogP contribution in [0.5, 0.6) is 0 Å². The summed E-state index contributed by atoms with van der Waals surface area (Å²) in [4.78, 5) is 20.8. The second kappa shape index (κ2) is 8.26. The summed E-state index contributed by atoms with van der Waals surface area (Å²) < 4.78 is 0. The van der Waals surface area contributed by atoms with Gasteiger partial charge in [-0.1, -0.05) is 0 Å². The van der Waals surface area contributed by atoms with Crippen LogP contribution in [0, 0.1) is 0 Å². The molecule has 0 aliphatic heterocycles. The van der Waals surface area contributed by atoms with Crippen LogP contribution in [-0.2, 0) is 9.59 Å². The summed E-state index contributed by atoms with van der Waals surface area (Å²) in [6, 6.07) is 0. The molecule has 0 radical (unpaired) electrons. The number of Topliss-reactive ketones (excluding diaryl/α,β-unsaturated/α-hetero) is 1. The number of thioether (sulfide) groups is 1. The molecule has 0 aromatic carbocycles. The molecule has 0 rings (SSSR count). The lowest BCUT2D eigenvalue weighted by Gasteiger charge is -2.12. The summed E-state index contributed by atoms with van der Waals surface area (Å²) in [6.07, 6.45) is 2.81. The molecule has 1 N–H and O–H groups in total. The van der Waals surface area contributed by atoms with Gasteiger partial charge < -0.3 is 14.7 Å². The van der Waals surface area contributed by atoms with Gasteiger partial charge in [0, 0.05) is 24.0 Å². The number of aliphatic hydroxyl groups excluding tert-OH is 1. The van der Waals surface area contributed by atoms with Gasteiger partial charge in [-0.15, -0.1) is 0 Å². The molecule has 0 fully saturated rings. The van der Waals surface area contributed by atoms with E-state index in [1.807, 2.05) is 0 Å². The predicted molar refractivity (Wildman–Crippen MR) is 53.9 cm³/mol. The Balaban J connectivity index is 3.65. The van der Waals surface area contributed by atoms with E-state index in [1.165, 1.54) is 11.8 Å². The fourth-order valence-electron chi connectivity index (χ4n) is 0.995. The number of aldehydes is 1. The van der Waals surface area contributed by atoms with Crippen LogP contribution in [-0.4, -0.2) is 34.8 Å². The molecule has 13 heavy (non-hydrogen) atoms. The molecule has 1 unspecified atom stereocenters. The van der Waals surface area contributed by atoms with Crippen molar-refractivity contribution in [3.8, 4) is 0 Å². The van der Waals surface area contributed by atoms with Crippen molar-refractivity contribution in [1.82, 2.24) is 0 Å². The molecule has 1 atom stereocenters. The summed E-state index contributed by atoms with van der Waals surface area (Å²) in [5, 5.41) is 8.95. The fraction of sp³-hybridized carbons (Fsp3) is 0.778. The molecule has 0 aromatic heterocycles. The number of hydrogen-bond donors (Lipinski definition) is 1. The van der Waals surface area contributed by atoms with Crippen LogP contribution in [0.1, 0.15) is 26.2 Å².